The second-order valence-electron chi connectivity index (χ2n) is 7.27. The predicted molar refractivity (Wildman–Crippen MR) is 110 cm³/mol. The van der Waals surface area contributed by atoms with Crippen LogP contribution in [0, 0.1) is 0 Å². The highest BCUT2D eigenvalue weighted by Gasteiger charge is 2.22. The van der Waals surface area contributed by atoms with Crippen LogP contribution in [-0.4, -0.2) is 52.0 Å². The number of hydrogen-bond acceptors (Lipinski definition) is 4. The molecular formula is C23H27N2O4+. The maximum atomic E-state index is 12.6. The van der Waals surface area contributed by atoms with E-state index < -0.39 is 0 Å². The Hall–Kier alpha value is -2.83. The zero-order chi connectivity index (χ0) is 19.9. The Balaban J connectivity index is 1.42. The van der Waals surface area contributed by atoms with E-state index in [0.717, 1.165) is 55.5 Å². The average molecular weight is 395 g/mol. The monoisotopic (exact) mass is 395 g/mol. The molecule has 0 aliphatic carbocycles. The van der Waals surface area contributed by atoms with Crippen molar-refractivity contribution in [1.82, 2.24) is 5.32 Å². The molecule has 6 nitrogen and oxygen atoms in total. The highest BCUT2D eigenvalue weighted by atomic mass is 16.6. The number of nitrogens with one attached hydrogen (secondary N) is 2. The first kappa shape index (κ1) is 19.5. The summed E-state index contributed by atoms with van der Waals surface area (Å²) in [6, 6.07) is 15.8. The van der Waals surface area contributed by atoms with Crippen molar-refractivity contribution in [3.8, 4) is 11.5 Å². The van der Waals surface area contributed by atoms with E-state index in [4.69, 9.17) is 14.2 Å². The van der Waals surface area contributed by atoms with E-state index in [0.29, 0.717) is 13.2 Å². The Bertz CT molecular complexity index is 847. The number of morpholine rings is 1. The van der Waals surface area contributed by atoms with Crippen molar-refractivity contribution >= 4 is 12.0 Å². The number of carbonyl (C=O) groups excluding carboxylic acids is 1. The van der Waals surface area contributed by atoms with Gasteiger partial charge in [-0.2, -0.15) is 0 Å². The Labute approximate surface area is 171 Å². The minimum atomic E-state index is -0.110. The number of carbonyl (C=O) groups is 1. The summed E-state index contributed by atoms with van der Waals surface area (Å²) in [7, 11) is 0. The normalized spacial score (nSPS) is 17.8. The number of benzene rings is 2. The number of ether oxygens (including phenoxy) is 3. The molecule has 152 valence electrons. The summed E-state index contributed by atoms with van der Waals surface area (Å²) in [6.45, 7) is 5.43. The topological polar surface area (TPSA) is 61.2 Å². The van der Waals surface area contributed by atoms with Crippen LogP contribution in [0.5, 0.6) is 11.5 Å². The van der Waals surface area contributed by atoms with Gasteiger partial charge in [0.05, 0.1) is 13.2 Å². The number of quaternary nitrogens is 1. The largest absolute Gasteiger partial charge is 0.486 e. The second kappa shape index (κ2) is 9.58. The Morgan fingerprint density at radius 2 is 1.76 bits per heavy atom. The van der Waals surface area contributed by atoms with Gasteiger partial charge in [0.1, 0.15) is 38.9 Å². The molecule has 1 atom stereocenters. The van der Waals surface area contributed by atoms with Crippen LogP contribution in [-0.2, 0) is 9.53 Å². The van der Waals surface area contributed by atoms with Crippen molar-refractivity contribution in [3.63, 3.8) is 0 Å². The number of amides is 1. The van der Waals surface area contributed by atoms with Crippen LogP contribution in [0.1, 0.15) is 17.2 Å². The number of rotatable bonds is 6. The molecule has 6 heteroatoms. The van der Waals surface area contributed by atoms with Gasteiger partial charge in [0.25, 0.3) is 0 Å². The molecule has 0 radical (unpaired) electrons. The molecule has 1 amide bonds. The predicted octanol–water partition coefficient (Wildman–Crippen LogP) is 1.24. The lowest BCUT2D eigenvalue weighted by Crippen LogP contribution is -3.14. The summed E-state index contributed by atoms with van der Waals surface area (Å²) in [5, 5.41) is 3.17. The van der Waals surface area contributed by atoms with E-state index in [9.17, 15) is 4.79 Å². The van der Waals surface area contributed by atoms with Crippen LogP contribution >= 0.6 is 0 Å². The van der Waals surface area contributed by atoms with Crippen molar-refractivity contribution in [1.29, 1.82) is 0 Å². The quantitative estimate of drug-likeness (QED) is 0.723. The molecule has 2 aromatic rings. The van der Waals surface area contributed by atoms with Gasteiger partial charge in [0.15, 0.2) is 11.5 Å². The number of fused-ring (bicyclic) bond motifs is 1. The van der Waals surface area contributed by atoms with Crippen LogP contribution in [0.3, 0.4) is 0 Å². The van der Waals surface area contributed by atoms with Gasteiger partial charge in [-0.15, -0.1) is 0 Å². The van der Waals surface area contributed by atoms with Crippen LogP contribution in [0.4, 0.5) is 0 Å². The summed E-state index contributed by atoms with van der Waals surface area (Å²) >= 11 is 0. The Morgan fingerprint density at radius 3 is 2.55 bits per heavy atom. The molecule has 0 bridgehead atoms. The van der Waals surface area contributed by atoms with E-state index in [1.165, 1.54) is 4.90 Å². The average Bonchev–Trinajstić information content (AvgIpc) is 2.78. The first-order valence-corrected chi connectivity index (χ1v) is 10.1. The molecular weight excluding hydrogens is 368 g/mol. The highest BCUT2D eigenvalue weighted by Crippen LogP contribution is 2.31. The summed E-state index contributed by atoms with van der Waals surface area (Å²) in [5.41, 5.74) is 2.02. The molecule has 1 saturated heterocycles. The minimum absolute atomic E-state index is 0.0401. The zero-order valence-corrected chi connectivity index (χ0v) is 16.4. The molecule has 2 heterocycles. The molecule has 0 saturated carbocycles. The molecule has 29 heavy (non-hydrogen) atoms. The van der Waals surface area contributed by atoms with E-state index in [1.54, 1.807) is 12.2 Å². The smallest absolute Gasteiger partial charge is 0.244 e. The summed E-state index contributed by atoms with van der Waals surface area (Å²) in [4.78, 5) is 14.1. The summed E-state index contributed by atoms with van der Waals surface area (Å²) < 4.78 is 16.6. The van der Waals surface area contributed by atoms with Gasteiger partial charge in [0, 0.05) is 6.08 Å². The fourth-order valence-corrected chi connectivity index (χ4v) is 3.65. The van der Waals surface area contributed by atoms with Gasteiger partial charge in [0.2, 0.25) is 5.91 Å². The van der Waals surface area contributed by atoms with Gasteiger partial charge in [-0.3, -0.25) is 4.79 Å². The van der Waals surface area contributed by atoms with E-state index >= 15 is 0 Å². The van der Waals surface area contributed by atoms with E-state index in [2.05, 4.69) is 17.4 Å². The maximum Gasteiger partial charge on any atom is 0.244 e. The second-order valence-corrected chi connectivity index (χ2v) is 7.27. The third kappa shape index (κ3) is 5.37. The van der Waals surface area contributed by atoms with Crippen LogP contribution in [0.15, 0.2) is 54.6 Å². The van der Waals surface area contributed by atoms with Gasteiger partial charge in [-0.05, 0) is 29.3 Å². The Morgan fingerprint density at radius 1 is 1.00 bits per heavy atom. The van der Waals surface area contributed by atoms with Gasteiger partial charge >= 0.3 is 0 Å². The van der Waals surface area contributed by atoms with Crippen molar-refractivity contribution in [3.05, 3.63) is 65.7 Å². The third-order valence-corrected chi connectivity index (χ3v) is 5.20. The lowest BCUT2D eigenvalue weighted by Gasteiger charge is -2.28. The third-order valence-electron chi connectivity index (χ3n) is 5.20. The number of hydrogen-bond donors (Lipinski definition) is 2. The van der Waals surface area contributed by atoms with Crippen molar-refractivity contribution in [2.24, 2.45) is 0 Å². The lowest BCUT2D eigenvalue weighted by molar-refractivity contribution is -0.909. The van der Waals surface area contributed by atoms with Crippen LogP contribution in [0.25, 0.3) is 6.08 Å². The standard InChI is InChI=1S/C23H26N2O4/c26-23(9-7-18-6-8-21-22(16-18)29-15-14-28-21)24-20(19-4-2-1-3-5-19)17-25-10-12-27-13-11-25/h1-9,16,20H,10-15,17H2,(H,24,26)/p+1/b9-7+/t20-/m0/s1. The van der Waals surface area contributed by atoms with Crippen molar-refractivity contribution < 1.29 is 23.9 Å². The van der Waals surface area contributed by atoms with Crippen molar-refractivity contribution in [2.45, 2.75) is 6.04 Å². The fourth-order valence-electron chi connectivity index (χ4n) is 3.65. The molecule has 0 unspecified atom stereocenters. The lowest BCUT2D eigenvalue weighted by atomic mass is 10.1. The van der Waals surface area contributed by atoms with Gasteiger partial charge < -0.3 is 24.4 Å². The molecule has 2 aromatic carbocycles. The van der Waals surface area contributed by atoms with Gasteiger partial charge in [-0.1, -0.05) is 36.4 Å². The molecule has 2 N–H and O–H groups in total. The van der Waals surface area contributed by atoms with E-state index in [1.807, 2.05) is 36.4 Å². The first-order chi connectivity index (χ1) is 14.3. The van der Waals surface area contributed by atoms with Crippen LogP contribution in [0.2, 0.25) is 0 Å². The molecule has 4 rings (SSSR count). The van der Waals surface area contributed by atoms with Gasteiger partial charge in [-0.25, -0.2) is 0 Å². The first-order valence-electron chi connectivity index (χ1n) is 10.1. The molecule has 0 spiro atoms. The minimum Gasteiger partial charge on any atom is -0.486 e. The molecule has 0 aromatic heterocycles. The molecule has 2 aliphatic rings. The van der Waals surface area contributed by atoms with Crippen molar-refractivity contribution in [2.75, 3.05) is 46.1 Å². The molecule has 1 fully saturated rings. The highest BCUT2D eigenvalue weighted by molar-refractivity contribution is 5.92. The summed E-state index contributed by atoms with van der Waals surface area (Å²) in [5.74, 6) is 1.36. The fraction of sp³-hybridized carbons (Fsp3) is 0.348. The van der Waals surface area contributed by atoms with E-state index in [-0.39, 0.29) is 11.9 Å². The van der Waals surface area contributed by atoms with Crippen LogP contribution < -0.4 is 19.7 Å². The molecule has 2 aliphatic heterocycles. The maximum absolute atomic E-state index is 12.6. The summed E-state index contributed by atoms with van der Waals surface area (Å²) in [6.07, 6.45) is 3.38. The Kier molecular flexibility index (Phi) is 6.44. The SMILES string of the molecule is O=C(/C=C/c1ccc2c(c1)OCCO2)N[C@@H](C[NH+]1CCOCC1)c1ccccc1. The zero-order valence-electron chi connectivity index (χ0n) is 16.4.